The maximum Gasteiger partial charge on any atom is 0.261 e. The van der Waals surface area contributed by atoms with Crippen LogP contribution in [0.3, 0.4) is 0 Å². The van der Waals surface area contributed by atoms with Gasteiger partial charge in [-0.25, -0.2) is 9.97 Å². The zero-order valence-corrected chi connectivity index (χ0v) is 15.7. The van der Waals surface area contributed by atoms with Crippen LogP contribution in [0.15, 0.2) is 53.7 Å². The largest absolute Gasteiger partial charge is 0.472 e. The Morgan fingerprint density at radius 3 is 2.89 bits per heavy atom. The fourth-order valence-corrected chi connectivity index (χ4v) is 3.39. The first-order valence-corrected chi connectivity index (χ1v) is 9.41. The van der Waals surface area contributed by atoms with Crippen molar-refractivity contribution in [2.24, 2.45) is 0 Å². The molecule has 1 unspecified atom stereocenters. The number of carbonyl (C=O) groups excluding carboxylic acids is 1. The van der Waals surface area contributed by atoms with E-state index in [4.69, 9.17) is 4.74 Å². The second kappa shape index (κ2) is 7.80. The van der Waals surface area contributed by atoms with Gasteiger partial charge in [0.2, 0.25) is 11.8 Å². The Balaban J connectivity index is 1.34. The molecule has 0 bridgehead atoms. The van der Waals surface area contributed by atoms with Gasteiger partial charge >= 0.3 is 0 Å². The minimum Gasteiger partial charge on any atom is -0.472 e. The van der Waals surface area contributed by atoms with Crippen molar-refractivity contribution < 1.29 is 9.53 Å². The lowest BCUT2D eigenvalue weighted by Gasteiger charge is -2.17. The number of aryl methyl sites for hydroxylation is 2. The molecule has 1 saturated heterocycles. The number of fused-ring (bicyclic) bond motifs is 1. The van der Waals surface area contributed by atoms with Gasteiger partial charge < -0.3 is 9.64 Å². The molecule has 3 heterocycles. The van der Waals surface area contributed by atoms with Crippen molar-refractivity contribution in [2.75, 3.05) is 13.1 Å². The van der Waals surface area contributed by atoms with Gasteiger partial charge in [-0.1, -0.05) is 18.2 Å². The van der Waals surface area contributed by atoms with E-state index in [1.165, 1.54) is 10.9 Å². The molecule has 0 aliphatic carbocycles. The van der Waals surface area contributed by atoms with Gasteiger partial charge in [-0.3, -0.25) is 14.2 Å². The third kappa shape index (κ3) is 3.88. The third-order valence-electron chi connectivity index (χ3n) is 4.97. The second-order valence-corrected chi connectivity index (χ2v) is 7.05. The number of amides is 1. The molecule has 3 aromatic rings. The summed E-state index contributed by atoms with van der Waals surface area (Å²) in [5.74, 6) is 0.599. The predicted molar refractivity (Wildman–Crippen MR) is 105 cm³/mol. The third-order valence-corrected chi connectivity index (χ3v) is 4.97. The number of rotatable bonds is 5. The van der Waals surface area contributed by atoms with Crippen LogP contribution in [0.4, 0.5) is 0 Å². The van der Waals surface area contributed by atoms with E-state index in [1.54, 1.807) is 23.2 Å². The topological polar surface area (TPSA) is 77.3 Å². The number of hydrogen-bond donors (Lipinski definition) is 0. The first kappa shape index (κ1) is 18.2. The number of ether oxygens (including phenoxy) is 1. The summed E-state index contributed by atoms with van der Waals surface area (Å²) in [7, 11) is 0. The molecule has 1 amide bonds. The average molecular weight is 378 g/mol. The lowest BCUT2D eigenvalue weighted by atomic mass is 10.2. The Labute approximate surface area is 162 Å². The lowest BCUT2D eigenvalue weighted by Crippen LogP contribution is -2.32. The van der Waals surface area contributed by atoms with Gasteiger partial charge in [-0.05, 0) is 24.6 Å². The molecule has 144 valence electrons. The van der Waals surface area contributed by atoms with Crippen LogP contribution < -0.4 is 10.3 Å². The molecular formula is C21H22N4O3. The molecule has 1 atom stereocenters. The molecule has 0 radical (unpaired) electrons. The summed E-state index contributed by atoms with van der Waals surface area (Å²) in [5, 5.41) is 0.567. The monoisotopic (exact) mass is 378 g/mol. The van der Waals surface area contributed by atoms with Crippen molar-refractivity contribution in [3.8, 4) is 5.88 Å². The van der Waals surface area contributed by atoms with Crippen LogP contribution in [0.2, 0.25) is 0 Å². The second-order valence-electron chi connectivity index (χ2n) is 7.05. The first-order valence-electron chi connectivity index (χ1n) is 9.41. The van der Waals surface area contributed by atoms with E-state index < -0.39 is 0 Å². The van der Waals surface area contributed by atoms with Crippen LogP contribution in [-0.4, -0.2) is 44.5 Å². The van der Waals surface area contributed by atoms with E-state index in [-0.39, 0.29) is 24.0 Å². The number of pyridine rings is 1. The Bertz CT molecular complexity index is 1050. The van der Waals surface area contributed by atoms with Crippen molar-refractivity contribution in [3.63, 3.8) is 0 Å². The van der Waals surface area contributed by atoms with Crippen LogP contribution in [0.1, 0.15) is 18.4 Å². The highest BCUT2D eigenvalue weighted by Crippen LogP contribution is 2.17. The summed E-state index contributed by atoms with van der Waals surface area (Å²) in [5.41, 5.74) is 1.62. The molecule has 0 N–H and O–H groups in total. The maximum absolute atomic E-state index is 12.6. The summed E-state index contributed by atoms with van der Waals surface area (Å²) < 4.78 is 7.37. The number of para-hydroxylation sites is 1. The first-order chi connectivity index (χ1) is 13.6. The van der Waals surface area contributed by atoms with Crippen LogP contribution in [0, 0.1) is 6.92 Å². The molecule has 0 saturated carbocycles. The van der Waals surface area contributed by atoms with Gasteiger partial charge in [-0.15, -0.1) is 0 Å². The molecule has 1 aliphatic rings. The van der Waals surface area contributed by atoms with Gasteiger partial charge in [-0.2, -0.15) is 0 Å². The maximum atomic E-state index is 12.6. The van der Waals surface area contributed by atoms with Crippen molar-refractivity contribution in [3.05, 3.63) is 64.8 Å². The Kier molecular flexibility index (Phi) is 5.06. The van der Waals surface area contributed by atoms with Crippen molar-refractivity contribution in [1.29, 1.82) is 0 Å². The van der Waals surface area contributed by atoms with Gasteiger partial charge in [0.05, 0.1) is 23.8 Å². The van der Waals surface area contributed by atoms with Gasteiger partial charge in [0.25, 0.3) is 5.56 Å². The standard InChI is InChI=1S/C21H22N4O3/c1-15-6-7-19(22-12-15)28-16-8-10-24(13-16)20(26)9-11-25-14-23-18-5-3-2-4-17(18)21(25)27/h2-7,12,14,16H,8-11,13H2,1H3. The van der Waals surface area contributed by atoms with Crippen molar-refractivity contribution >= 4 is 16.8 Å². The van der Waals surface area contributed by atoms with Crippen LogP contribution in [0.25, 0.3) is 10.9 Å². The van der Waals surface area contributed by atoms with Gasteiger partial charge in [0.1, 0.15) is 6.10 Å². The van der Waals surface area contributed by atoms with Crippen LogP contribution in [-0.2, 0) is 11.3 Å². The SMILES string of the molecule is Cc1ccc(OC2CCN(C(=O)CCn3cnc4ccccc4c3=O)C2)nc1. The number of aromatic nitrogens is 3. The fourth-order valence-electron chi connectivity index (χ4n) is 3.39. The predicted octanol–water partition coefficient (Wildman–Crippen LogP) is 2.17. The minimum absolute atomic E-state index is 0.0167. The summed E-state index contributed by atoms with van der Waals surface area (Å²) in [6.07, 6.45) is 4.26. The van der Waals surface area contributed by atoms with E-state index in [1.807, 2.05) is 31.2 Å². The normalized spacial score (nSPS) is 16.5. The molecular weight excluding hydrogens is 356 g/mol. The quantitative estimate of drug-likeness (QED) is 0.680. The molecule has 1 fully saturated rings. The Hall–Kier alpha value is -3.22. The summed E-state index contributed by atoms with van der Waals surface area (Å²) >= 11 is 0. The molecule has 1 aliphatic heterocycles. The van der Waals surface area contributed by atoms with E-state index in [0.29, 0.717) is 36.4 Å². The molecule has 0 spiro atoms. The van der Waals surface area contributed by atoms with Crippen LogP contribution >= 0.6 is 0 Å². The molecule has 7 nitrogen and oxygen atoms in total. The number of nitrogens with zero attached hydrogens (tertiary/aromatic N) is 4. The molecule has 7 heteroatoms. The molecule has 1 aromatic carbocycles. The van der Waals surface area contributed by atoms with E-state index >= 15 is 0 Å². The zero-order chi connectivity index (χ0) is 19.5. The molecule has 2 aromatic heterocycles. The minimum atomic E-state index is -0.119. The molecule has 28 heavy (non-hydrogen) atoms. The van der Waals surface area contributed by atoms with E-state index in [0.717, 1.165) is 12.0 Å². The summed E-state index contributed by atoms with van der Waals surface area (Å²) in [6, 6.07) is 11.0. The number of benzene rings is 1. The number of hydrogen-bond acceptors (Lipinski definition) is 5. The van der Waals surface area contributed by atoms with Crippen molar-refractivity contribution in [1.82, 2.24) is 19.4 Å². The fraction of sp³-hybridized carbons (Fsp3) is 0.333. The van der Waals surface area contributed by atoms with Crippen LogP contribution in [0.5, 0.6) is 5.88 Å². The Morgan fingerprint density at radius 1 is 1.21 bits per heavy atom. The average Bonchev–Trinajstić information content (AvgIpc) is 3.18. The highest BCUT2D eigenvalue weighted by atomic mass is 16.5. The van der Waals surface area contributed by atoms with E-state index in [2.05, 4.69) is 9.97 Å². The van der Waals surface area contributed by atoms with Gasteiger partial charge in [0.15, 0.2) is 0 Å². The smallest absolute Gasteiger partial charge is 0.261 e. The highest BCUT2D eigenvalue weighted by Gasteiger charge is 2.27. The summed E-state index contributed by atoms with van der Waals surface area (Å²) in [6.45, 7) is 3.49. The van der Waals surface area contributed by atoms with Gasteiger partial charge in [0, 0.05) is 38.2 Å². The number of carbonyl (C=O) groups is 1. The Morgan fingerprint density at radius 2 is 2.07 bits per heavy atom. The lowest BCUT2D eigenvalue weighted by molar-refractivity contribution is -0.130. The highest BCUT2D eigenvalue weighted by molar-refractivity contribution is 5.77. The number of likely N-dealkylation sites (tertiary alicyclic amines) is 1. The van der Waals surface area contributed by atoms with E-state index in [9.17, 15) is 9.59 Å². The zero-order valence-electron chi connectivity index (χ0n) is 15.7. The molecule has 4 rings (SSSR count). The van der Waals surface area contributed by atoms with Crippen molar-refractivity contribution in [2.45, 2.75) is 32.4 Å². The summed E-state index contributed by atoms with van der Waals surface area (Å²) in [4.78, 5) is 35.4.